The van der Waals surface area contributed by atoms with E-state index in [-0.39, 0.29) is 6.04 Å². The molecule has 1 N–H and O–H groups in total. The van der Waals surface area contributed by atoms with E-state index in [0.29, 0.717) is 28.4 Å². The molecule has 0 spiro atoms. The van der Waals surface area contributed by atoms with Crippen LogP contribution in [-0.4, -0.2) is 20.2 Å². The Bertz CT molecular complexity index is 1320. The summed E-state index contributed by atoms with van der Waals surface area (Å²) in [6.45, 7) is 2.56. The molecule has 7 heteroatoms. The lowest BCUT2D eigenvalue weighted by atomic mass is 9.94. The minimum Gasteiger partial charge on any atom is -0.351 e. The van der Waals surface area contributed by atoms with E-state index >= 15 is 0 Å². The molecular formula is C26H21ClN4OS. The minimum absolute atomic E-state index is 0.217. The third-order valence-electron chi connectivity index (χ3n) is 5.70. The van der Waals surface area contributed by atoms with Crippen molar-refractivity contribution in [3.8, 4) is 11.4 Å². The van der Waals surface area contributed by atoms with Gasteiger partial charge in [0.25, 0.3) is 5.89 Å². The standard InChI is InChI=1S/C26H21ClN4OS/c1-17-22(25-29-24(30-32-25)19-12-6-3-7-13-19)23(18-10-4-2-5-11-18)28-26(33)31(17)16-20-14-8-9-15-21(20)27/h2-15,23H,16H2,1H3,(H,28,33). The zero-order valence-electron chi connectivity index (χ0n) is 17.9. The van der Waals surface area contributed by atoms with Gasteiger partial charge >= 0.3 is 0 Å². The molecule has 0 amide bonds. The number of aromatic nitrogens is 2. The molecule has 4 aromatic rings. The van der Waals surface area contributed by atoms with Crippen molar-refractivity contribution in [1.82, 2.24) is 20.4 Å². The Morgan fingerprint density at radius 2 is 1.64 bits per heavy atom. The first-order valence-corrected chi connectivity index (χ1v) is 11.4. The average Bonchev–Trinajstić information content (AvgIpc) is 3.33. The van der Waals surface area contributed by atoms with Crippen LogP contribution in [0.3, 0.4) is 0 Å². The van der Waals surface area contributed by atoms with Crippen molar-refractivity contribution >= 4 is 34.5 Å². The monoisotopic (exact) mass is 472 g/mol. The number of nitrogens with zero attached hydrogens (tertiary/aromatic N) is 3. The van der Waals surface area contributed by atoms with E-state index in [1.165, 1.54) is 0 Å². The van der Waals surface area contributed by atoms with Crippen LogP contribution < -0.4 is 5.32 Å². The Labute approximate surface area is 202 Å². The first kappa shape index (κ1) is 21.4. The van der Waals surface area contributed by atoms with Crippen molar-refractivity contribution in [1.29, 1.82) is 0 Å². The fourth-order valence-corrected chi connectivity index (χ4v) is 4.49. The largest absolute Gasteiger partial charge is 0.351 e. The van der Waals surface area contributed by atoms with E-state index in [2.05, 4.69) is 22.6 Å². The summed E-state index contributed by atoms with van der Waals surface area (Å²) in [4.78, 5) is 6.77. The molecular weight excluding hydrogens is 452 g/mol. The quantitative estimate of drug-likeness (QED) is 0.346. The van der Waals surface area contributed by atoms with Crippen molar-refractivity contribution in [2.24, 2.45) is 0 Å². The number of thiocarbonyl (C=S) groups is 1. The summed E-state index contributed by atoms with van der Waals surface area (Å²) in [5.41, 5.74) is 4.77. The van der Waals surface area contributed by atoms with Crippen LogP contribution in [0.15, 0.2) is 95.1 Å². The topological polar surface area (TPSA) is 54.2 Å². The minimum atomic E-state index is -0.217. The van der Waals surface area contributed by atoms with Gasteiger partial charge in [-0.05, 0) is 36.3 Å². The van der Waals surface area contributed by atoms with Crippen LogP contribution in [0.4, 0.5) is 0 Å². The van der Waals surface area contributed by atoms with Crippen LogP contribution in [0.5, 0.6) is 0 Å². The molecule has 2 heterocycles. The second kappa shape index (κ2) is 9.17. The number of hydrogen-bond donors (Lipinski definition) is 1. The normalized spacial score (nSPS) is 16.1. The molecule has 0 bridgehead atoms. The summed E-state index contributed by atoms with van der Waals surface area (Å²) in [6, 6.07) is 27.5. The number of allylic oxidation sites excluding steroid dienone is 1. The second-order valence-corrected chi connectivity index (χ2v) is 8.55. The third-order valence-corrected chi connectivity index (χ3v) is 6.41. The first-order chi connectivity index (χ1) is 16.1. The van der Waals surface area contributed by atoms with Gasteiger partial charge in [0.2, 0.25) is 5.82 Å². The molecule has 3 aromatic carbocycles. The molecule has 0 radical (unpaired) electrons. The predicted molar refractivity (Wildman–Crippen MR) is 134 cm³/mol. The third kappa shape index (κ3) is 4.27. The van der Waals surface area contributed by atoms with E-state index in [9.17, 15) is 0 Å². The lowest BCUT2D eigenvalue weighted by molar-refractivity contribution is 0.396. The van der Waals surface area contributed by atoms with E-state index in [1.54, 1.807) is 0 Å². The molecule has 1 atom stereocenters. The lowest BCUT2D eigenvalue weighted by Gasteiger charge is -2.37. The molecule has 33 heavy (non-hydrogen) atoms. The summed E-state index contributed by atoms with van der Waals surface area (Å²) in [5, 5.41) is 9.04. The fourth-order valence-electron chi connectivity index (χ4n) is 3.98. The van der Waals surface area contributed by atoms with Gasteiger partial charge in [-0.3, -0.25) is 0 Å². The molecule has 5 rings (SSSR count). The lowest BCUT2D eigenvalue weighted by Crippen LogP contribution is -2.45. The number of rotatable bonds is 5. The molecule has 0 saturated heterocycles. The van der Waals surface area contributed by atoms with Crippen molar-refractivity contribution < 1.29 is 4.52 Å². The highest BCUT2D eigenvalue weighted by atomic mass is 35.5. The van der Waals surface area contributed by atoms with Gasteiger partial charge in [0.05, 0.1) is 18.2 Å². The first-order valence-electron chi connectivity index (χ1n) is 10.6. The number of benzene rings is 3. The van der Waals surface area contributed by atoms with E-state index in [0.717, 1.165) is 28.0 Å². The van der Waals surface area contributed by atoms with Crippen molar-refractivity contribution in [3.05, 3.63) is 113 Å². The van der Waals surface area contributed by atoms with Gasteiger partial charge in [0.1, 0.15) is 0 Å². The Hall–Kier alpha value is -3.48. The van der Waals surface area contributed by atoms with E-state index < -0.39 is 0 Å². The fraction of sp³-hybridized carbons (Fsp3) is 0.115. The highest BCUT2D eigenvalue weighted by Gasteiger charge is 2.34. The smallest absolute Gasteiger partial charge is 0.258 e. The van der Waals surface area contributed by atoms with Gasteiger partial charge in [0.15, 0.2) is 5.11 Å². The van der Waals surface area contributed by atoms with Crippen LogP contribution in [0.1, 0.15) is 30.0 Å². The molecule has 5 nitrogen and oxygen atoms in total. The Morgan fingerprint density at radius 1 is 0.970 bits per heavy atom. The Kier molecular flexibility index (Phi) is 5.94. The average molecular weight is 473 g/mol. The van der Waals surface area contributed by atoms with E-state index in [1.807, 2.05) is 84.6 Å². The molecule has 1 unspecified atom stereocenters. The zero-order chi connectivity index (χ0) is 22.8. The molecule has 0 saturated carbocycles. The van der Waals surface area contributed by atoms with Crippen molar-refractivity contribution in [2.75, 3.05) is 0 Å². The Balaban J connectivity index is 1.60. The van der Waals surface area contributed by atoms with Gasteiger partial charge in [-0.15, -0.1) is 0 Å². The number of nitrogens with one attached hydrogen (secondary N) is 1. The summed E-state index contributed by atoms with van der Waals surface area (Å²) in [7, 11) is 0. The summed E-state index contributed by atoms with van der Waals surface area (Å²) in [6.07, 6.45) is 0. The second-order valence-electron chi connectivity index (χ2n) is 7.76. The summed E-state index contributed by atoms with van der Waals surface area (Å²) >= 11 is 12.2. The maximum atomic E-state index is 6.44. The van der Waals surface area contributed by atoms with E-state index in [4.69, 9.17) is 33.3 Å². The van der Waals surface area contributed by atoms with Crippen LogP contribution in [0.2, 0.25) is 5.02 Å². The molecule has 1 aliphatic heterocycles. The van der Waals surface area contributed by atoms with Gasteiger partial charge in [-0.1, -0.05) is 95.6 Å². The number of halogens is 1. The van der Waals surface area contributed by atoms with Crippen LogP contribution >= 0.6 is 23.8 Å². The van der Waals surface area contributed by atoms with Gasteiger partial charge in [-0.2, -0.15) is 4.98 Å². The zero-order valence-corrected chi connectivity index (χ0v) is 19.5. The van der Waals surface area contributed by atoms with Crippen molar-refractivity contribution in [3.63, 3.8) is 0 Å². The Morgan fingerprint density at radius 3 is 2.36 bits per heavy atom. The maximum Gasteiger partial charge on any atom is 0.258 e. The van der Waals surface area contributed by atoms with Gasteiger partial charge in [-0.25, -0.2) is 0 Å². The van der Waals surface area contributed by atoms with Gasteiger partial charge < -0.3 is 14.7 Å². The van der Waals surface area contributed by atoms with Crippen LogP contribution in [0, 0.1) is 0 Å². The van der Waals surface area contributed by atoms with Crippen molar-refractivity contribution in [2.45, 2.75) is 19.5 Å². The number of hydrogen-bond acceptors (Lipinski definition) is 4. The maximum absolute atomic E-state index is 6.44. The molecule has 164 valence electrons. The molecule has 0 aliphatic carbocycles. The molecule has 1 aromatic heterocycles. The van der Waals surface area contributed by atoms with Gasteiger partial charge in [0, 0.05) is 16.3 Å². The summed E-state index contributed by atoms with van der Waals surface area (Å²) in [5.74, 6) is 1.00. The highest BCUT2D eigenvalue weighted by molar-refractivity contribution is 7.80. The predicted octanol–water partition coefficient (Wildman–Crippen LogP) is 6.25. The molecule has 0 fully saturated rings. The molecule has 1 aliphatic rings. The van der Waals surface area contributed by atoms with Crippen LogP contribution in [-0.2, 0) is 6.54 Å². The SMILES string of the molecule is CC1=C(c2nc(-c3ccccc3)no2)C(c2ccccc2)NC(=S)N1Cc1ccccc1Cl. The summed E-state index contributed by atoms with van der Waals surface area (Å²) < 4.78 is 5.78. The van der Waals surface area contributed by atoms with Crippen LogP contribution in [0.25, 0.3) is 17.0 Å². The highest BCUT2D eigenvalue weighted by Crippen LogP contribution is 2.38.